The van der Waals surface area contributed by atoms with Crippen LogP contribution in [0.4, 0.5) is 0 Å². The molecule has 9 rings (SSSR count). The zero-order valence-electron chi connectivity index (χ0n) is 17.8. The standard InChI is InChI=1S/C30H15IN2O/c31-33-23-13-6-12-22-27(23)28-24(33)15-20-17-8-2-4-14-25(17)34-30(20)26(28)19-10-5-9-18-16-7-1-3-11-21(16)32(22)29(18)19/h1-15H. The first-order chi connectivity index (χ1) is 16.8. The van der Waals surface area contributed by atoms with Gasteiger partial charge < -0.3 is 8.82 Å². The van der Waals surface area contributed by atoms with Gasteiger partial charge in [0, 0.05) is 43.1 Å². The molecule has 0 aliphatic rings. The molecule has 0 N–H and O–H groups in total. The molecule has 4 aromatic heterocycles. The van der Waals surface area contributed by atoms with Crippen molar-refractivity contribution in [3.05, 3.63) is 91.0 Å². The van der Waals surface area contributed by atoms with Crippen LogP contribution in [0.3, 0.4) is 0 Å². The summed E-state index contributed by atoms with van der Waals surface area (Å²) >= 11 is 2.46. The minimum absolute atomic E-state index is 0.933. The number of rotatable bonds is 0. The molecule has 5 aromatic carbocycles. The Kier molecular flexibility index (Phi) is 3.03. The highest BCUT2D eigenvalue weighted by atomic mass is 127. The first-order valence-electron chi connectivity index (χ1n) is 11.4. The molecule has 3 nitrogen and oxygen atoms in total. The SMILES string of the molecule is In1c2cc3c4ccccc4oc3c3c4cccc5c6ccccc6n(c6cccc1c6c32)c54. The first-order valence-corrected chi connectivity index (χ1v) is 12.4. The van der Waals surface area contributed by atoms with Gasteiger partial charge in [-0.2, -0.15) is 0 Å². The van der Waals surface area contributed by atoms with Gasteiger partial charge in [-0.25, -0.2) is 0 Å². The summed E-state index contributed by atoms with van der Waals surface area (Å²) in [4.78, 5) is 0. The van der Waals surface area contributed by atoms with E-state index in [1.807, 2.05) is 6.07 Å². The molecule has 0 aliphatic carbocycles. The molecule has 0 atom stereocenters. The van der Waals surface area contributed by atoms with Gasteiger partial charge >= 0.3 is 0 Å². The zero-order chi connectivity index (χ0) is 22.1. The van der Waals surface area contributed by atoms with E-state index in [0.29, 0.717) is 0 Å². The molecule has 0 radical (unpaired) electrons. The molecule has 0 amide bonds. The van der Waals surface area contributed by atoms with E-state index in [2.05, 4.69) is 115 Å². The number of aromatic nitrogens is 2. The fourth-order valence-electron chi connectivity index (χ4n) is 6.24. The molecule has 0 spiro atoms. The monoisotopic (exact) mass is 546 g/mol. The molecule has 4 heteroatoms. The maximum atomic E-state index is 6.62. The topological polar surface area (TPSA) is 22.5 Å². The van der Waals surface area contributed by atoms with Gasteiger partial charge in [0.05, 0.1) is 50.4 Å². The van der Waals surface area contributed by atoms with E-state index < -0.39 is 0 Å². The predicted molar refractivity (Wildman–Crippen MR) is 151 cm³/mol. The fourth-order valence-corrected chi connectivity index (χ4v) is 7.03. The second-order valence-corrected chi connectivity index (χ2v) is 10.1. The van der Waals surface area contributed by atoms with E-state index in [9.17, 15) is 0 Å². The van der Waals surface area contributed by atoms with Gasteiger partial charge in [0.1, 0.15) is 11.2 Å². The molecule has 0 unspecified atom stereocenters. The molecule has 0 fully saturated rings. The lowest BCUT2D eigenvalue weighted by atomic mass is 10.0. The normalized spacial score (nSPS) is 12.9. The minimum Gasteiger partial charge on any atom is -0.455 e. The third kappa shape index (κ3) is 1.85. The molecule has 9 aromatic rings. The van der Waals surface area contributed by atoms with Crippen LogP contribution in [0.15, 0.2) is 95.4 Å². The quantitative estimate of drug-likeness (QED) is 0.174. The van der Waals surface area contributed by atoms with Crippen LogP contribution in [0.25, 0.3) is 81.8 Å². The lowest BCUT2D eigenvalue weighted by Crippen LogP contribution is -1.86. The van der Waals surface area contributed by atoms with E-state index in [-0.39, 0.29) is 0 Å². The van der Waals surface area contributed by atoms with Crippen LogP contribution >= 0.6 is 22.9 Å². The van der Waals surface area contributed by atoms with Crippen LogP contribution in [-0.4, -0.2) is 7.18 Å². The Hall–Kier alpha value is -3.77. The molecule has 158 valence electrons. The van der Waals surface area contributed by atoms with Crippen LogP contribution in [0.2, 0.25) is 0 Å². The first kappa shape index (κ1) is 17.7. The second kappa shape index (κ2) is 5.83. The largest absolute Gasteiger partial charge is 0.455 e. The van der Waals surface area contributed by atoms with Crippen LogP contribution in [0.1, 0.15) is 0 Å². The molecular weight excluding hydrogens is 531 g/mol. The Balaban J connectivity index is 1.80. The molecular formula is C30H15IN2O. The van der Waals surface area contributed by atoms with E-state index in [1.54, 1.807) is 0 Å². The van der Waals surface area contributed by atoms with Crippen molar-refractivity contribution in [2.45, 2.75) is 0 Å². The summed E-state index contributed by atoms with van der Waals surface area (Å²) in [5.74, 6) is 0. The highest BCUT2D eigenvalue weighted by Crippen LogP contribution is 2.47. The van der Waals surface area contributed by atoms with Crippen molar-refractivity contribution in [3.63, 3.8) is 0 Å². The lowest BCUT2D eigenvalue weighted by molar-refractivity contribution is 0.673. The Morgan fingerprint density at radius 3 is 2.18 bits per heavy atom. The third-order valence-corrected chi connectivity index (χ3v) is 8.59. The predicted octanol–water partition coefficient (Wildman–Crippen LogP) is 9.04. The maximum Gasteiger partial charge on any atom is 0.144 e. The molecule has 0 saturated heterocycles. The second-order valence-electron chi connectivity index (χ2n) is 9.13. The molecule has 0 saturated carbocycles. The van der Waals surface area contributed by atoms with E-state index in [0.717, 1.165) is 16.6 Å². The van der Waals surface area contributed by atoms with Crippen molar-refractivity contribution in [1.29, 1.82) is 0 Å². The summed E-state index contributed by atoms with van der Waals surface area (Å²) in [6.07, 6.45) is 0. The Morgan fingerprint density at radius 2 is 1.24 bits per heavy atom. The van der Waals surface area contributed by atoms with Gasteiger partial charge in [0.2, 0.25) is 0 Å². The summed E-state index contributed by atoms with van der Waals surface area (Å²) < 4.78 is 11.4. The summed E-state index contributed by atoms with van der Waals surface area (Å²) in [6.45, 7) is 0. The van der Waals surface area contributed by atoms with Gasteiger partial charge in [-0.1, -0.05) is 60.7 Å². The van der Waals surface area contributed by atoms with Gasteiger partial charge in [0.15, 0.2) is 0 Å². The average Bonchev–Trinajstić information content (AvgIpc) is 3.48. The highest BCUT2D eigenvalue weighted by molar-refractivity contribution is 14.1. The third-order valence-electron chi connectivity index (χ3n) is 7.55. The number of benzene rings is 5. The number of hydrogen-bond donors (Lipinski definition) is 0. The van der Waals surface area contributed by atoms with E-state index in [1.165, 1.54) is 65.3 Å². The van der Waals surface area contributed by atoms with Crippen LogP contribution in [0.5, 0.6) is 0 Å². The van der Waals surface area contributed by atoms with Gasteiger partial charge in [0.25, 0.3) is 0 Å². The highest BCUT2D eigenvalue weighted by Gasteiger charge is 2.24. The molecule has 0 aliphatic heterocycles. The lowest BCUT2D eigenvalue weighted by Gasteiger charge is -2.03. The van der Waals surface area contributed by atoms with E-state index >= 15 is 0 Å². The Labute approximate surface area is 206 Å². The summed E-state index contributed by atoms with van der Waals surface area (Å²) in [5, 5.41) is 9.86. The van der Waals surface area contributed by atoms with Crippen molar-refractivity contribution >= 4 is 105 Å². The number of fused-ring (bicyclic) bond motifs is 9. The number of para-hydroxylation sites is 3. The summed E-state index contributed by atoms with van der Waals surface area (Å²) in [5.41, 5.74) is 8.07. The molecule has 34 heavy (non-hydrogen) atoms. The van der Waals surface area contributed by atoms with Crippen molar-refractivity contribution in [3.8, 4) is 0 Å². The fraction of sp³-hybridized carbons (Fsp3) is 0. The Morgan fingerprint density at radius 1 is 0.529 bits per heavy atom. The number of furan rings is 1. The van der Waals surface area contributed by atoms with Crippen LogP contribution in [0, 0.1) is 0 Å². The molecule has 0 bridgehead atoms. The van der Waals surface area contributed by atoms with Crippen molar-refractivity contribution in [1.82, 2.24) is 7.18 Å². The smallest absolute Gasteiger partial charge is 0.144 e. The average molecular weight is 546 g/mol. The Bertz CT molecular complexity index is 2300. The number of halogens is 1. The van der Waals surface area contributed by atoms with E-state index in [4.69, 9.17) is 4.42 Å². The summed E-state index contributed by atoms with van der Waals surface area (Å²) in [7, 11) is 0. The van der Waals surface area contributed by atoms with Crippen LogP contribution < -0.4 is 0 Å². The van der Waals surface area contributed by atoms with Gasteiger partial charge in [-0.3, -0.25) is 2.78 Å². The van der Waals surface area contributed by atoms with Gasteiger partial charge in [-0.15, -0.1) is 0 Å². The number of hydrogen-bond acceptors (Lipinski definition) is 1. The zero-order valence-corrected chi connectivity index (χ0v) is 20.0. The van der Waals surface area contributed by atoms with Crippen molar-refractivity contribution < 1.29 is 4.42 Å². The minimum atomic E-state index is 0.933. The number of nitrogens with zero attached hydrogens (tertiary/aromatic N) is 2. The van der Waals surface area contributed by atoms with Gasteiger partial charge in [-0.05, 0) is 30.3 Å². The van der Waals surface area contributed by atoms with Crippen molar-refractivity contribution in [2.24, 2.45) is 0 Å². The van der Waals surface area contributed by atoms with Crippen molar-refractivity contribution in [2.75, 3.05) is 0 Å². The van der Waals surface area contributed by atoms with Crippen LogP contribution in [-0.2, 0) is 0 Å². The summed E-state index contributed by atoms with van der Waals surface area (Å²) in [6, 6.07) is 32.8. The molecule has 4 heterocycles. The maximum absolute atomic E-state index is 6.62.